The van der Waals surface area contributed by atoms with Crippen LogP contribution >= 0.6 is 0 Å². The van der Waals surface area contributed by atoms with Crippen LogP contribution in [0.4, 0.5) is 0 Å². The first kappa shape index (κ1) is 13.6. The summed E-state index contributed by atoms with van der Waals surface area (Å²) in [5, 5.41) is 12.7. The first-order valence-electron chi connectivity index (χ1n) is 7.78. The highest BCUT2D eigenvalue weighted by molar-refractivity contribution is 5.78. The van der Waals surface area contributed by atoms with Crippen molar-refractivity contribution in [1.82, 2.24) is 5.32 Å². The van der Waals surface area contributed by atoms with Gasteiger partial charge in [0.15, 0.2) is 0 Å². The Balaban J connectivity index is 1.51. The summed E-state index contributed by atoms with van der Waals surface area (Å²) in [6.07, 6.45) is 6.79. The van der Waals surface area contributed by atoms with Crippen molar-refractivity contribution in [2.45, 2.75) is 51.0 Å². The number of benzene rings is 1. The van der Waals surface area contributed by atoms with Crippen LogP contribution in [0.2, 0.25) is 0 Å². The average Bonchev–Trinajstić information content (AvgIpc) is 3.04. The van der Waals surface area contributed by atoms with Crippen LogP contribution in [-0.4, -0.2) is 23.7 Å². The number of nitrogens with one attached hydrogen (secondary N) is 1. The van der Waals surface area contributed by atoms with Crippen molar-refractivity contribution < 1.29 is 9.90 Å². The molecular weight excluding hydrogens is 250 g/mol. The van der Waals surface area contributed by atoms with Gasteiger partial charge in [0.1, 0.15) is 0 Å². The van der Waals surface area contributed by atoms with Crippen molar-refractivity contribution in [2.24, 2.45) is 5.92 Å². The first-order valence-corrected chi connectivity index (χ1v) is 7.78. The molecule has 2 unspecified atom stereocenters. The minimum absolute atomic E-state index is 0.0713. The highest BCUT2D eigenvalue weighted by Crippen LogP contribution is 2.25. The van der Waals surface area contributed by atoms with E-state index in [1.807, 2.05) is 0 Å². The number of aliphatic hydroxyl groups excluding tert-OH is 1. The average molecular weight is 273 g/mol. The Hall–Kier alpha value is -1.35. The molecule has 3 rings (SSSR count). The molecule has 20 heavy (non-hydrogen) atoms. The molecule has 0 aliphatic heterocycles. The molecule has 1 aromatic carbocycles. The molecule has 2 N–H and O–H groups in total. The van der Waals surface area contributed by atoms with E-state index in [1.54, 1.807) is 0 Å². The Morgan fingerprint density at radius 2 is 2.05 bits per heavy atom. The Labute approximate surface area is 120 Å². The van der Waals surface area contributed by atoms with Gasteiger partial charge < -0.3 is 10.4 Å². The van der Waals surface area contributed by atoms with Crippen LogP contribution in [0.3, 0.4) is 0 Å². The third-order valence-electron chi connectivity index (χ3n) is 4.71. The standard InChI is InChI=1S/C17H23NO2/c19-16-6-2-5-15(16)11-18-17(20)10-12-7-8-13-3-1-4-14(13)9-12/h7-9,15-16,19H,1-6,10-11H2,(H,18,20). The van der Waals surface area contributed by atoms with Gasteiger partial charge in [-0.1, -0.05) is 24.6 Å². The molecule has 3 heteroatoms. The van der Waals surface area contributed by atoms with Crippen LogP contribution in [0, 0.1) is 5.92 Å². The predicted octanol–water partition coefficient (Wildman–Crippen LogP) is 2.00. The summed E-state index contributed by atoms with van der Waals surface area (Å²) >= 11 is 0. The van der Waals surface area contributed by atoms with E-state index in [9.17, 15) is 9.90 Å². The van der Waals surface area contributed by atoms with Gasteiger partial charge in [0.05, 0.1) is 12.5 Å². The highest BCUT2D eigenvalue weighted by atomic mass is 16.3. The molecule has 1 saturated carbocycles. The lowest BCUT2D eigenvalue weighted by Gasteiger charge is -2.15. The Kier molecular flexibility index (Phi) is 4.06. The van der Waals surface area contributed by atoms with E-state index in [0.29, 0.717) is 13.0 Å². The molecule has 2 atom stereocenters. The van der Waals surface area contributed by atoms with Crippen molar-refractivity contribution in [3.63, 3.8) is 0 Å². The lowest BCUT2D eigenvalue weighted by molar-refractivity contribution is -0.120. The number of hydrogen-bond acceptors (Lipinski definition) is 2. The van der Waals surface area contributed by atoms with E-state index in [1.165, 1.54) is 24.0 Å². The van der Waals surface area contributed by atoms with Gasteiger partial charge in [-0.15, -0.1) is 0 Å². The minimum atomic E-state index is -0.227. The summed E-state index contributed by atoms with van der Waals surface area (Å²) in [5.74, 6) is 0.320. The molecular formula is C17H23NO2. The first-order chi connectivity index (χ1) is 9.72. The quantitative estimate of drug-likeness (QED) is 0.881. The van der Waals surface area contributed by atoms with E-state index < -0.39 is 0 Å². The van der Waals surface area contributed by atoms with Crippen molar-refractivity contribution in [3.05, 3.63) is 34.9 Å². The number of aryl methyl sites for hydroxylation is 2. The summed E-state index contributed by atoms with van der Waals surface area (Å²) in [4.78, 5) is 12.0. The van der Waals surface area contributed by atoms with E-state index in [2.05, 4.69) is 23.5 Å². The van der Waals surface area contributed by atoms with E-state index in [-0.39, 0.29) is 17.9 Å². The number of carbonyl (C=O) groups is 1. The minimum Gasteiger partial charge on any atom is -0.393 e. The molecule has 0 heterocycles. The third-order valence-corrected chi connectivity index (χ3v) is 4.71. The van der Waals surface area contributed by atoms with Gasteiger partial charge in [-0.2, -0.15) is 0 Å². The highest BCUT2D eigenvalue weighted by Gasteiger charge is 2.25. The maximum atomic E-state index is 12.0. The van der Waals surface area contributed by atoms with Gasteiger partial charge in [-0.25, -0.2) is 0 Å². The number of rotatable bonds is 4. The maximum Gasteiger partial charge on any atom is 0.224 e. The summed E-state index contributed by atoms with van der Waals surface area (Å²) < 4.78 is 0. The van der Waals surface area contributed by atoms with Crippen LogP contribution in [-0.2, 0) is 24.1 Å². The monoisotopic (exact) mass is 273 g/mol. The summed E-state index contributed by atoms with van der Waals surface area (Å²) in [7, 11) is 0. The molecule has 1 aromatic rings. The maximum absolute atomic E-state index is 12.0. The Bertz CT molecular complexity index is 498. The molecule has 3 nitrogen and oxygen atoms in total. The largest absolute Gasteiger partial charge is 0.393 e. The summed E-state index contributed by atoms with van der Waals surface area (Å²) in [5.41, 5.74) is 3.97. The molecule has 0 saturated heterocycles. The van der Waals surface area contributed by atoms with E-state index in [0.717, 1.165) is 31.2 Å². The number of carbonyl (C=O) groups excluding carboxylic acids is 1. The van der Waals surface area contributed by atoms with Crippen molar-refractivity contribution in [1.29, 1.82) is 0 Å². The molecule has 108 valence electrons. The molecule has 0 bridgehead atoms. The predicted molar refractivity (Wildman–Crippen MR) is 78.5 cm³/mol. The van der Waals surface area contributed by atoms with Crippen molar-refractivity contribution in [3.8, 4) is 0 Å². The molecule has 0 radical (unpaired) electrons. The second-order valence-electron chi connectivity index (χ2n) is 6.20. The van der Waals surface area contributed by atoms with Crippen LogP contribution in [0.15, 0.2) is 18.2 Å². The number of aliphatic hydroxyl groups is 1. The fraction of sp³-hybridized carbons (Fsp3) is 0.588. The van der Waals surface area contributed by atoms with E-state index in [4.69, 9.17) is 0 Å². The molecule has 0 aromatic heterocycles. The smallest absolute Gasteiger partial charge is 0.224 e. The SMILES string of the molecule is O=C(Cc1ccc2c(c1)CCC2)NCC1CCCC1O. The molecule has 2 aliphatic rings. The molecule has 1 fully saturated rings. The van der Waals surface area contributed by atoms with Gasteiger partial charge in [0, 0.05) is 12.5 Å². The van der Waals surface area contributed by atoms with Gasteiger partial charge in [0.25, 0.3) is 0 Å². The third kappa shape index (κ3) is 3.04. The normalized spacial score (nSPS) is 24.6. The zero-order valence-corrected chi connectivity index (χ0v) is 11.9. The van der Waals surface area contributed by atoms with Crippen LogP contribution in [0.25, 0.3) is 0 Å². The zero-order chi connectivity index (χ0) is 13.9. The van der Waals surface area contributed by atoms with Crippen LogP contribution in [0.1, 0.15) is 42.4 Å². The topological polar surface area (TPSA) is 49.3 Å². The fourth-order valence-electron chi connectivity index (χ4n) is 3.48. The zero-order valence-electron chi connectivity index (χ0n) is 11.9. The number of fused-ring (bicyclic) bond motifs is 1. The summed E-state index contributed by atoms with van der Waals surface area (Å²) in [6, 6.07) is 6.44. The van der Waals surface area contributed by atoms with E-state index >= 15 is 0 Å². The van der Waals surface area contributed by atoms with Crippen LogP contribution in [0.5, 0.6) is 0 Å². The summed E-state index contributed by atoms with van der Waals surface area (Å²) in [6.45, 7) is 0.616. The van der Waals surface area contributed by atoms with Crippen LogP contribution < -0.4 is 5.32 Å². The molecule has 2 aliphatic carbocycles. The van der Waals surface area contributed by atoms with Gasteiger partial charge >= 0.3 is 0 Å². The number of amides is 1. The van der Waals surface area contributed by atoms with Gasteiger partial charge in [0.2, 0.25) is 5.91 Å². The van der Waals surface area contributed by atoms with Gasteiger partial charge in [-0.3, -0.25) is 4.79 Å². The second kappa shape index (κ2) is 5.96. The number of hydrogen-bond donors (Lipinski definition) is 2. The molecule has 1 amide bonds. The van der Waals surface area contributed by atoms with Gasteiger partial charge in [-0.05, 0) is 48.8 Å². The Morgan fingerprint density at radius 1 is 1.20 bits per heavy atom. The van der Waals surface area contributed by atoms with Crippen molar-refractivity contribution in [2.75, 3.05) is 6.54 Å². The van der Waals surface area contributed by atoms with Crippen molar-refractivity contribution >= 4 is 5.91 Å². The lowest BCUT2D eigenvalue weighted by atomic mass is 10.0. The fourth-order valence-corrected chi connectivity index (χ4v) is 3.48. The molecule has 0 spiro atoms. The lowest BCUT2D eigenvalue weighted by Crippen LogP contribution is -2.33. The Morgan fingerprint density at radius 3 is 2.85 bits per heavy atom. The second-order valence-corrected chi connectivity index (χ2v) is 6.20.